The average molecular weight is 374 g/mol. The van der Waals surface area contributed by atoms with Gasteiger partial charge in [0.2, 0.25) is 11.1 Å². The summed E-state index contributed by atoms with van der Waals surface area (Å²) in [5.74, 6) is 0.969. The smallest absolute Gasteiger partial charge is 0.269 e. The number of aryl methyl sites for hydroxylation is 1. The van der Waals surface area contributed by atoms with Crippen LogP contribution in [0.25, 0.3) is 33.5 Å². The molecule has 0 N–H and O–H groups in total. The number of allylic oxidation sites excluding steroid dienone is 1. The molecule has 0 bridgehead atoms. The Balaban J connectivity index is 2.12. The highest BCUT2D eigenvalue weighted by Gasteiger charge is 2.18. The van der Waals surface area contributed by atoms with Crippen LogP contribution < -0.4 is 15.7 Å². The lowest BCUT2D eigenvalue weighted by atomic mass is 10.1. The molecule has 2 aromatic carbocycles. The molecule has 6 nitrogen and oxygen atoms in total. The molecule has 0 aliphatic carbocycles. The number of fused-ring (bicyclic) bond motifs is 2. The van der Waals surface area contributed by atoms with E-state index in [-0.39, 0.29) is 17.6 Å². The summed E-state index contributed by atoms with van der Waals surface area (Å²) in [5, 5.41) is 0.232. The van der Waals surface area contributed by atoms with Crippen LogP contribution in [0.15, 0.2) is 69.1 Å². The molecular weight excluding hydrogens is 356 g/mol. The molecule has 28 heavy (non-hydrogen) atoms. The van der Waals surface area contributed by atoms with Gasteiger partial charge in [-0.15, -0.1) is 6.58 Å². The van der Waals surface area contributed by atoms with E-state index in [1.165, 1.54) is 11.7 Å². The summed E-state index contributed by atoms with van der Waals surface area (Å²) in [5.41, 5.74) is 1.30. The third-order valence-corrected chi connectivity index (χ3v) is 4.62. The van der Waals surface area contributed by atoms with Gasteiger partial charge < -0.3 is 9.15 Å². The van der Waals surface area contributed by atoms with E-state index in [0.717, 1.165) is 11.1 Å². The molecule has 0 spiro atoms. The van der Waals surface area contributed by atoms with E-state index in [1.54, 1.807) is 24.3 Å². The molecule has 4 rings (SSSR count). The first-order valence-corrected chi connectivity index (χ1v) is 8.77. The summed E-state index contributed by atoms with van der Waals surface area (Å²) < 4.78 is 12.5. The standard InChI is InChI=1S/C22H18N2O4/c1-4-11-24-20(14-7-5-13(2)6-8-14)23-21-18(22(24)26)19(25)16-10-9-15(27-3)12-17(16)28-21/h4-10,12H,1,11H2,2-3H3. The van der Waals surface area contributed by atoms with E-state index in [1.807, 2.05) is 31.2 Å². The summed E-state index contributed by atoms with van der Waals surface area (Å²) in [6.45, 7) is 5.92. The minimum atomic E-state index is -0.452. The maximum absolute atomic E-state index is 13.2. The van der Waals surface area contributed by atoms with Gasteiger partial charge in [-0.1, -0.05) is 35.9 Å². The van der Waals surface area contributed by atoms with Gasteiger partial charge in [-0.3, -0.25) is 14.2 Å². The molecule has 4 aromatic rings. The largest absolute Gasteiger partial charge is 0.497 e. The van der Waals surface area contributed by atoms with Gasteiger partial charge in [0.05, 0.1) is 12.5 Å². The van der Waals surface area contributed by atoms with Gasteiger partial charge in [-0.25, -0.2) is 0 Å². The molecule has 0 fully saturated rings. The van der Waals surface area contributed by atoms with Crippen molar-refractivity contribution in [2.45, 2.75) is 13.5 Å². The Kier molecular flexibility index (Phi) is 4.31. The lowest BCUT2D eigenvalue weighted by Gasteiger charge is -2.12. The van der Waals surface area contributed by atoms with Crippen molar-refractivity contribution in [3.8, 4) is 17.1 Å². The Morgan fingerprint density at radius 1 is 1.18 bits per heavy atom. The molecule has 0 saturated carbocycles. The highest BCUT2D eigenvalue weighted by molar-refractivity contribution is 5.89. The molecular formula is C22H18N2O4. The van der Waals surface area contributed by atoms with Crippen molar-refractivity contribution in [1.29, 1.82) is 0 Å². The summed E-state index contributed by atoms with van der Waals surface area (Å²) in [6, 6.07) is 12.5. The van der Waals surface area contributed by atoms with Crippen molar-refractivity contribution < 1.29 is 9.15 Å². The maximum Gasteiger partial charge on any atom is 0.269 e. The fourth-order valence-electron chi connectivity index (χ4n) is 3.17. The summed E-state index contributed by atoms with van der Waals surface area (Å²) in [4.78, 5) is 30.7. The van der Waals surface area contributed by atoms with Crippen LogP contribution in [0, 0.1) is 6.92 Å². The van der Waals surface area contributed by atoms with Crippen LogP contribution in [0.1, 0.15) is 5.56 Å². The fourth-order valence-corrected chi connectivity index (χ4v) is 3.17. The Hall–Kier alpha value is -3.67. The van der Waals surface area contributed by atoms with Crippen molar-refractivity contribution in [3.63, 3.8) is 0 Å². The third kappa shape index (κ3) is 2.79. The third-order valence-electron chi connectivity index (χ3n) is 4.62. The van der Waals surface area contributed by atoms with Gasteiger partial charge in [-0.05, 0) is 19.1 Å². The van der Waals surface area contributed by atoms with Gasteiger partial charge >= 0.3 is 0 Å². The number of nitrogens with zero attached hydrogens (tertiary/aromatic N) is 2. The van der Waals surface area contributed by atoms with Crippen molar-refractivity contribution in [3.05, 3.63) is 81.3 Å². The molecule has 0 saturated heterocycles. The van der Waals surface area contributed by atoms with E-state index in [4.69, 9.17) is 9.15 Å². The normalized spacial score (nSPS) is 11.1. The predicted octanol–water partition coefficient (Wildman–Crippen LogP) is 3.67. The van der Waals surface area contributed by atoms with Crippen molar-refractivity contribution >= 4 is 22.1 Å². The van der Waals surface area contributed by atoms with Crippen LogP contribution in [0.2, 0.25) is 0 Å². The zero-order valence-corrected chi connectivity index (χ0v) is 15.6. The van der Waals surface area contributed by atoms with Crippen LogP contribution >= 0.6 is 0 Å². The van der Waals surface area contributed by atoms with Gasteiger partial charge in [0, 0.05) is 18.2 Å². The van der Waals surface area contributed by atoms with Gasteiger partial charge in [-0.2, -0.15) is 4.98 Å². The highest BCUT2D eigenvalue weighted by atomic mass is 16.5. The second-order valence-corrected chi connectivity index (χ2v) is 6.48. The minimum Gasteiger partial charge on any atom is -0.497 e. The van der Waals surface area contributed by atoms with Crippen molar-refractivity contribution in [2.24, 2.45) is 0 Å². The average Bonchev–Trinajstić information content (AvgIpc) is 2.70. The Labute approximate surface area is 160 Å². The van der Waals surface area contributed by atoms with Crippen LogP contribution in [0.5, 0.6) is 5.75 Å². The molecule has 2 heterocycles. The van der Waals surface area contributed by atoms with Crippen LogP contribution in [-0.2, 0) is 6.54 Å². The number of benzene rings is 2. The van der Waals surface area contributed by atoms with Crippen molar-refractivity contribution in [2.75, 3.05) is 7.11 Å². The number of aromatic nitrogens is 2. The quantitative estimate of drug-likeness (QED) is 0.402. The van der Waals surface area contributed by atoms with Gasteiger partial charge in [0.25, 0.3) is 5.56 Å². The molecule has 140 valence electrons. The molecule has 0 amide bonds. The molecule has 6 heteroatoms. The van der Waals surface area contributed by atoms with E-state index in [9.17, 15) is 9.59 Å². The number of rotatable bonds is 4. The monoisotopic (exact) mass is 374 g/mol. The number of hydrogen-bond acceptors (Lipinski definition) is 5. The summed E-state index contributed by atoms with van der Waals surface area (Å²) >= 11 is 0. The first-order chi connectivity index (χ1) is 13.5. The van der Waals surface area contributed by atoms with Gasteiger partial charge in [0.1, 0.15) is 17.2 Å². The first-order valence-electron chi connectivity index (χ1n) is 8.77. The second kappa shape index (κ2) is 6.81. The topological polar surface area (TPSA) is 74.3 Å². The van der Waals surface area contributed by atoms with E-state index < -0.39 is 11.0 Å². The zero-order valence-electron chi connectivity index (χ0n) is 15.6. The zero-order chi connectivity index (χ0) is 19.8. The lowest BCUT2D eigenvalue weighted by Crippen LogP contribution is -2.27. The van der Waals surface area contributed by atoms with E-state index in [0.29, 0.717) is 22.5 Å². The highest BCUT2D eigenvalue weighted by Crippen LogP contribution is 2.23. The second-order valence-electron chi connectivity index (χ2n) is 6.48. The van der Waals surface area contributed by atoms with E-state index in [2.05, 4.69) is 11.6 Å². The Bertz CT molecular complexity index is 1330. The molecule has 0 unspecified atom stereocenters. The van der Waals surface area contributed by atoms with Crippen LogP contribution in [-0.4, -0.2) is 16.7 Å². The Morgan fingerprint density at radius 2 is 1.93 bits per heavy atom. The van der Waals surface area contributed by atoms with Crippen molar-refractivity contribution in [1.82, 2.24) is 9.55 Å². The van der Waals surface area contributed by atoms with Crippen LogP contribution in [0.3, 0.4) is 0 Å². The van der Waals surface area contributed by atoms with E-state index >= 15 is 0 Å². The van der Waals surface area contributed by atoms with Gasteiger partial charge in [0.15, 0.2) is 5.39 Å². The number of methoxy groups -OCH3 is 1. The number of hydrogen-bond donors (Lipinski definition) is 0. The van der Waals surface area contributed by atoms with Crippen LogP contribution in [0.4, 0.5) is 0 Å². The maximum atomic E-state index is 13.2. The molecule has 0 aliphatic rings. The molecule has 0 atom stereocenters. The predicted molar refractivity (Wildman–Crippen MR) is 109 cm³/mol. The number of ether oxygens (including phenoxy) is 1. The molecule has 0 aliphatic heterocycles. The Morgan fingerprint density at radius 3 is 2.61 bits per heavy atom. The molecule has 2 aromatic heterocycles. The fraction of sp³-hybridized carbons (Fsp3) is 0.136. The first kappa shape index (κ1) is 17.7. The summed E-state index contributed by atoms with van der Waals surface area (Å²) in [7, 11) is 1.53. The molecule has 0 radical (unpaired) electrons. The summed E-state index contributed by atoms with van der Waals surface area (Å²) in [6.07, 6.45) is 1.60. The lowest BCUT2D eigenvalue weighted by molar-refractivity contribution is 0.414. The SMILES string of the molecule is C=CCn1c(-c2ccc(C)cc2)nc2oc3cc(OC)ccc3c(=O)c2c1=O. The minimum absolute atomic E-state index is 0.00615.